The summed E-state index contributed by atoms with van der Waals surface area (Å²) in [6.45, 7) is 3.36. The van der Waals surface area contributed by atoms with Crippen LogP contribution in [-0.4, -0.2) is 30.3 Å². The van der Waals surface area contributed by atoms with Gasteiger partial charge < -0.3 is 10.1 Å². The van der Waals surface area contributed by atoms with Gasteiger partial charge in [0, 0.05) is 24.1 Å². The van der Waals surface area contributed by atoms with E-state index in [-0.39, 0.29) is 5.88 Å². The zero-order valence-electron chi connectivity index (χ0n) is 16.8. The minimum Gasteiger partial charge on any atom is -0.437 e. The van der Waals surface area contributed by atoms with Gasteiger partial charge in [0.2, 0.25) is 21.8 Å². The molecule has 3 rings (SSSR count). The first-order valence-electron chi connectivity index (χ1n) is 9.38. The molecule has 0 bridgehead atoms. The monoisotopic (exact) mass is 444 g/mol. The molecule has 2 aromatic carbocycles. The molecule has 0 saturated carbocycles. The zero-order chi connectivity index (χ0) is 22.4. The molecular weight excluding hydrogens is 423 g/mol. The van der Waals surface area contributed by atoms with Crippen LogP contribution in [0.2, 0.25) is 0 Å². The molecule has 1 amide bonds. The van der Waals surface area contributed by atoms with Crippen LogP contribution >= 0.6 is 0 Å². The molecule has 0 unspecified atom stereocenters. The maximum Gasteiger partial charge on any atom is 0.244 e. The van der Waals surface area contributed by atoms with Gasteiger partial charge in [-0.2, -0.15) is 4.72 Å². The summed E-state index contributed by atoms with van der Waals surface area (Å²) in [6, 6.07) is 10.4. The molecule has 162 valence electrons. The first kappa shape index (κ1) is 22.3. The van der Waals surface area contributed by atoms with Crippen molar-refractivity contribution in [3.63, 3.8) is 0 Å². The number of ether oxygens (including phenoxy) is 1. The number of hydrogen-bond acceptors (Lipinski definition) is 6. The standard InChI is InChI=1S/C21H21FN4O4S/c1-14(2)20(26-31(28,29)18-9-4-3-8-17(18)22)21(27)25-15-6-5-7-16(12-15)30-19-13-23-10-11-24-19/h3-14,20,26H,1-2H3,(H,25,27)/t20-/m0/s1. The molecule has 0 saturated heterocycles. The van der Waals surface area contributed by atoms with E-state index in [4.69, 9.17) is 4.74 Å². The van der Waals surface area contributed by atoms with Crippen molar-refractivity contribution in [1.82, 2.24) is 14.7 Å². The zero-order valence-corrected chi connectivity index (χ0v) is 17.6. The number of anilines is 1. The van der Waals surface area contributed by atoms with E-state index >= 15 is 0 Å². The highest BCUT2D eigenvalue weighted by molar-refractivity contribution is 7.89. The molecule has 8 nitrogen and oxygen atoms in total. The fourth-order valence-corrected chi connectivity index (χ4v) is 4.12. The summed E-state index contributed by atoms with van der Waals surface area (Å²) in [4.78, 5) is 20.2. The minimum atomic E-state index is -4.25. The van der Waals surface area contributed by atoms with E-state index in [2.05, 4.69) is 20.0 Å². The number of rotatable bonds is 8. The highest BCUT2D eigenvalue weighted by Gasteiger charge is 2.30. The van der Waals surface area contributed by atoms with Gasteiger partial charge in [0.05, 0.1) is 6.20 Å². The summed E-state index contributed by atoms with van der Waals surface area (Å²) in [5.74, 6) is -1.20. The number of amides is 1. The number of hydrogen-bond donors (Lipinski definition) is 2. The van der Waals surface area contributed by atoms with E-state index in [9.17, 15) is 17.6 Å². The van der Waals surface area contributed by atoms with E-state index in [0.717, 1.165) is 12.1 Å². The molecule has 31 heavy (non-hydrogen) atoms. The van der Waals surface area contributed by atoms with Gasteiger partial charge in [0.25, 0.3) is 0 Å². The maximum atomic E-state index is 14.0. The van der Waals surface area contributed by atoms with Crippen LogP contribution in [0.1, 0.15) is 13.8 Å². The second-order valence-electron chi connectivity index (χ2n) is 6.94. The Bertz CT molecular complexity index is 1160. The lowest BCUT2D eigenvalue weighted by molar-refractivity contribution is -0.118. The lowest BCUT2D eigenvalue weighted by atomic mass is 10.0. The van der Waals surface area contributed by atoms with Crippen molar-refractivity contribution < 1.29 is 22.3 Å². The van der Waals surface area contributed by atoms with Crippen LogP contribution < -0.4 is 14.8 Å². The van der Waals surface area contributed by atoms with Gasteiger partial charge in [-0.1, -0.05) is 32.0 Å². The number of aromatic nitrogens is 2. The molecule has 0 aliphatic carbocycles. The number of sulfonamides is 1. The second kappa shape index (κ2) is 9.63. The lowest BCUT2D eigenvalue weighted by Crippen LogP contribution is -2.47. The molecule has 0 aliphatic rings. The van der Waals surface area contributed by atoms with Gasteiger partial charge in [0.1, 0.15) is 22.5 Å². The number of carbonyl (C=O) groups excluding carboxylic acids is 1. The van der Waals surface area contributed by atoms with Gasteiger partial charge in [-0.05, 0) is 30.2 Å². The van der Waals surface area contributed by atoms with Gasteiger partial charge in [-0.3, -0.25) is 9.78 Å². The molecule has 2 N–H and O–H groups in total. The first-order valence-corrected chi connectivity index (χ1v) is 10.9. The molecule has 3 aromatic rings. The van der Waals surface area contributed by atoms with E-state index in [0.29, 0.717) is 11.4 Å². The smallest absolute Gasteiger partial charge is 0.244 e. The normalized spacial score (nSPS) is 12.4. The Morgan fingerprint density at radius 3 is 2.55 bits per heavy atom. The third kappa shape index (κ3) is 5.83. The number of benzene rings is 2. The highest BCUT2D eigenvalue weighted by Crippen LogP contribution is 2.23. The quantitative estimate of drug-likeness (QED) is 0.551. The van der Waals surface area contributed by atoms with E-state index in [1.807, 2.05) is 0 Å². The first-order chi connectivity index (χ1) is 14.8. The molecule has 0 spiro atoms. The topological polar surface area (TPSA) is 110 Å². The van der Waals surface area contributed by atoms with Gasteiger partial charge >= 0.3 is 0 Å². The van der Waals surface area contributed by atoms with Crippen LogP contribution in [0, 0.1) is 11.7 Å². The molecule has 1 heterocycles. The molecule has 0 fully saturated rings. The largest absolute Gasteiger partial charge is 0.437 e. The molecule has 1 atom stereocenters. The summed E-state index contributed by atoms with van der Waals surface area (Å²) in [5.41, 5.74) is 0.391. The summed E-state index contributed by atoms with van der Waals surface area (Å²) in [7, 11) is -4.25. The van der Waals surface area contributed by atoms with Crippen molar-refractivity contribution in [3.8, 4) is 11.6 Å². The van der Waals surface area contributed by atoms with Gasteiger partial charge in [-0.25, -0.2) is 17.8 Å². The van der Waals surface area contributed by atoms with E-state index < -0.39 is 38.6 Å². The third-order valence-electron chi connectivity index (χ3n) is 4.22. The van der Waals surface area contributed by atoms with Crippen molar-refractivity contribution in [1.29, 1.82) is 0 Å². The Hall–Kier alpha value is -3.37. The summed E-state index contributed by atoms with van der Waals surface area (Å²) in [6.07, 6.45) is 4.44. The Balaban J connectivity index is 1.75. The fourth-order valence-electron chi connectivity index (χ4n) is 2.70. The van der Waals surface area contributed by atoms with E-state index in [1.165, 1.54) is 30.7 Å². The van der Waals surface area contributed by atoms with Crippen molar-refractivity contribution in [2.75, 3.05) is 5.32 Å². The van der Waals surface area contributed by atoms with Crippen LogP contribution in [0.5, 0.6) is 11.6 Å². The Kier molecular flexibility index (Phi) is 6.93. The average molecular weight is 444 g/mol. The predicted octanol–water partition coefficient (Wildman–Crippen LogP) is 3.35. The molecule has 0 aliphatic heterocycles. The summed E-state index contributed by atoms with van der Waals surface area (Å²) >= 11 is 0. The maximum absolute atomic E-state index is 14.0. The van der Waals surface area contributed by atoms with Crippen molar-refractivity contribution >= 4 is 21.6 Å². The van der Waals surface area contributed by atoms with E-state index in [1.54, 1.807) is 38.1 Å². The van der Waals surface area contributed by atoms with Crippen LogP contribution in [0.25, 0.3) is 0 Å². The Morgan fingerprint density at radius 2 is 1.87 bits per heavy atom. The second-order valence-corrected chi connectivity index (χ2v) is 8.62. The molecule has 0 radical (unpaired) electrons. The minimum absolute atomic E-state index is 0.281. The molecule has 10 heteroatoms. The van der Waals surface area contributed by atoms with Crippen molar-refractivity contribution in [2.24, 2.45) is 5.92 Å². The third-order valence-corrected chi connectivity index (χ3v) is 5.70. The molecule has 1 aromatic heterocycles. The average Bonchev–Trinajstić information content (AvgIpc) is 2.73. The number of halogens is 1. The highest BCUT2D eigenvalue weighted by atomic mass is 32.2. The number of carbonyl (C=O) groups is 1. The Labute approximate surface area is 179 Å². The van der Waals surface area contributed by atoms with Crippen LogP contribution in [0.3, 0.4) is 0 Å². The van der Waals surface area contributed by atoms with Gasteiger partial charge in [-0.15, -0.1) is 0 Å². The van der Waals surface area contributed by atoms with Crippen LogP contribution in [-0.2, 0) is 14.8 Å². The van der Waals surface area contributed by atoms with Crippen molar-refractivity contribution in [2.45, 2.75) is 24.8 Å². The fraction of sp³-hybridized carbons (Fsp3) is 0.190. The SMILES string of the molecule is CC(C)[C@H](NS(=O)(=O)c1ccccc1F)C(=O)Nc1cccc(Oc2cnccn2)c1. The van der Waals surface area contributed by atoms with Crippen molar-refractivity contribution in [3.05, 3.63) is 72.9 Å². The van der Waals surface area contributed by atoms with Crippen LogP contribution in [0.4, 0.5) is 10.1 Å². The Morgan fingerprint density at radius 1 is 1.10 bits per heavy atom. The van der Waals surface area contributed by atoms with Crippen LogP contribution in [0.15, 0.2) is 72.0 Å². The number of nitrogens with one attached hydrogen (secondary N) is 2. The van der Waals surface area contributed by atoms with Gasteiger partial charge in [0.15, 0.2) is 0 Å². The molecular formula is C21H21FN4O4S. The predicted molar refractivity (Wildman–Crippen MR) is 113 cm³/mol. The number of nitrogens with zero attached hydrogens (tertiary/aromatic N) is 2. The summed E-state index contributed by atoms with van der Waals surface area (Å²) in [5, 5.41) is 2.66. The summed E-state index contributed by atoms with van der Waals surface area (Å²) < 4.78 is 47.1. The lowest BCUT2D eigenvalue weighted by Gasteiger charge is -2.22.